The lowest BCUT2D eigenvalue weighted by Gasteiger charge is -2.36. The number of morpholine rings is 1. The molecule has 4 heterocycles. The topological polar surface area (TPSA) is 51.1 Å². The molecule has 1 aliphatic rings. The van der Waals surface area contributed by atoms with Crippen molar-refractivity contribution in [3.05, 3.63) is 60.2 Å². The van der Waals surface area contributed by atoms with E-state index in [1.165, 1.54) is 11.1 Å². The Bertz CT molecular complexity index is 1120. The van der Waals surface area contributed by atoms with Crippen LogP contribution in [0.1, 0.15) is 13.8 Å². The first kappa shape index (κ1) is 18.2. The van der Waals surface area contributed by atoms with E-state index in [-0.39, 0.29) is 12.2 Å². The van der Waals surface area contributed by atoms with Gasteiger partial charge in [-0.15, -0.1) is 11.3 Å². The zero-order chi connectivity index (χ0) is 19.8. The number of benzene rings is 1. The number of pyridine rings is 1. The SMILES string of the molecule is C[C@@H]1CN(c2nc(-c3cccnc3)nc3scc(-c4ccccc4)c23)C[C@H](C)O1. The molecular formula is C23H22N4OS. The van der Waals surface area contributed by atoms with Gasteiger partial charge in [0.15, 0.2) is 5.82 Å². The molecule has 5 rings (SSSR count). The van der Waals surface area contributed by atoms with Crippen LogP contribution in [0.4, 0.5) is 5.82 Å². The third kappa shape index (κ3) is 3.50. The number of ether oxygens (including phenoxy) is 1. The molecule has 0 bridgehead atoms. The predicted molar refractivity (Wildman–Crippen MR) is 118 cm³/mol. The second kappa shape index (κ2) is 7.54. The summed E-state index contributed by atoms with van der Waals surface area (Å²) in [6.07, 6.45) is 3.91. The largest absolute Gasteiger partial charge is 0.372 e. The van der Waals surface area contributed by atoms with Gasteiger partial charge in [0, 0.05) is 42.0 Å². The molecule has 0 unspecified atom stereocenters. The summed E-state index contributed by atoms with van der Waals surface area (Å²) >= 11 is 1.67. The minimum absolute atomic E-state index is 0.157. The van der Waals surface area contributed by atoms with Gasteiger partial charge in [0.05, 0.1) is 17.6 Å². The third-order valence-corrected chi connectivity index (χ3v) is 6.01. The molecule has 1 fully saturated rings. The highest BCUT2D eigenvalue weighted by Crippen LogP contribution is 2.40. The normalized spacial score (nSPS) is 19.6. The molecular weight excluding hydrogens is 380 g/mol. The fourth-order valence-corrected chi connectivity index (χ4v) is 4.90. The Morgan fingerprint density at radius 2 is 1.72 bits per heavy atom. The first-order valence-electron chi connectivity index (χ1n) is 9.84. The van der Waals surface area contributed by atoms with Crippen LogP contribution in [0.25, 0.3) is 32.7 Å². The van der Waals surface area contributed by atoms with E-state index in [0.29, 0.717) is 5.82 Å². The van der Waals surface area contributed by atoms with Crippen LogP contribution in [-0.2, 0) is 4.74 Å². The van der Waals surface area contributed by atoms with Gasteiger partial charge in [-0.1, -0.05) is 30.3 Å². The van der Waals surface area contributed by atoms with Gasteiger partial charge in [-0.2, -0.15) is 0 Å². The van der Waals surface area contributed by atoms with E-state index < -0.39 is 0 Å². The van der Waals surface area contributed by atoms with Crippen LogP contribution < -0.4 is 4.90 Å². The fraction of sp³-hybridized carbons (Fsp3) is 0.261. The second-order valence-corrected chi connectivity index (χ2v) is 8.33. The van der Waals surface area contributed by atoms with Crippen LogP contribution in [0, 0.1) is 0 Å². The van der Waals surface area contributed by atoms with E-state index in [4.69, 9.17) is 14.7 Å². The molecule has 2 atom stereocenters. The molecule has 6 heteroatoms. The van der Waals surface area contributed by atoms with E-state index in [2.05, 4.69) is 53.4 Å². The molecule has 146 valence electrons. The highest BCUT2D eigenvalue weighted by molar-refractivity contribution is 7.17. The molecule has 1 aliphatic heterocycles. The quantitative estimate of drug-likeness (QED) is 0.481. The zero-order valence-corrected chi connectivity index (χ0v) is 17.3. The third-order valence-electron chi connectivity index (χ3n) is 5.14. The number of fused-ring (bicyclic) bond motifs is 1. The molecule has 0 radical (unpaired) electrons. The Kier molecular flexibility index (Phi) is 4.73. The predicted octanol–water partition coefficient (Wildman–Crippen LogP) is 5.03. The number of thiophene rings is 1. The molecule has 29 heavy (non-hydrogen) atoms. The van der Waals surface area contributed by atoms with Crippen molar-refractivity contribution in [1.29, 1.82) is 0 Å². The molecule has 5 nitrogen and oxygen atoms in total. The minimum Gasteiger partial charge on any atom is -0.372 e. The van der Waals surface area contributed by atoms with Gasteiger partial charge in [-0.3, -0.25) is 4.98 Å². The smallest absolute Gasteiger partial charge is 0.164 e. The van der Waals surface area contributed by atoms with Gasteiger partial charge >= 0.3 is 0 Å². The monoisotopic (exact) mass is 402 g/mol. The van der Waals surface area contributed by atoms with Crippen molar-refractivity contribution in [2.45, 2.75) is 26.1 Å². The summed E-state index contributed by atoms with van der Waals surface area (Å²) in [4.78, 5) is 17.5. The van der Waals surface area contributed by atoms with Crippen LogP contribution in [0.3, 0.4) is 0 Å². The summed E-state index contributed by atoms with van der Waals surface area (Å²) in [5.41, 5.74) is 3.30. The van der Waals surface area contributed by atoms with Gasteiger partial charge in [-0.25, -0.2) is 9.97 Å². The lowest BCUT2D eigenvalue weighted by atomic mass is 10.1. The number of hydrogen-bond acceptors (Lipinski definition) is 6. The zero-order valence-electron chi connectivity index (χ0n) is 16.4. The maximum Gasteiger partial charge on any atom is 0.164 e. The van der Waals surface area contributed by atoms with Crippen molar-refractivity contribution < 1.29 is 4.74 Å². The summed E-state index contributed by atoms with van der Waals surface area (Å²) < 4.78 is 5.97. The number of nitrogens with zero attached hydrogens (tertiary/aromatic N) is 4. The number of anilines is 1. The maximum absolute atomic E-state index is 5.97. The lowest BCUT2D eigenvalue weighted by Crippen LogP contribution is -2.46. The Morgan fingerprint density at radius 1 is 0.966 bits per heavy atom. The number of aromatic nitrogens is 3. The van der Waals surface area contributed by atoms with E-state index in [1.54, 1.807) is 17.5 Å². The lowest BCUT2D eigenvalue weighted by molar-refractivity contribution is -0.00536. The Hall–Kier alpha value is -2.83. The summed E-state index contributed by atoms with van der Waals surface area (Å²) in [6, 6.07) is 14.4. The Labute approximate surface area is 174 Å². The highest BCUT2D eigenvalue weighted by atomic mass is 32.1. The Balaban J connectivity index is 1.73. The van der Waals surface area contributed by atoms with Crippen LogP contribution in [0.2, 0.25) is 0 Å². The van der Waals surface area contributed by atoms with Crippen LogP contribution in [0.15, 0.2) is 60.2 Å². The summed E-state index contributed by atoms with van der Waals surface area (Å²) in [6.45, 7) is 5.86. The fourth-order valence-electron chi connectivity index (χ4n) is 3.96. The van der Waals surface area contributed by atoms with Crippen LogP contribution in [0.5, 0.6) is 0 Å². The summed E-state index contributed by atoms with van der Waals surface area (Å²) in [5, 5.41) is 3.31. The number of rotatable bonds is 3. The molecule has 0 spiro atoms. The molecule has 4 aromatic rings. The first-order chi connectivity index (χ1) is 14.2. The van der Waals surface area contributed by atoms with Gasteiger partial charge in [0.2, 0.25) is 0 Å². The van der Waals surface area contributed by atoms with E-state index >= 15 is 0 Å². The molecule has 0 N–H and O–H groups in total. The maximum atomic E-state index is 5.97. The van der Waals surface area contributed by atoms with Crippen molar-refractivity contribution >= 4 is 27.4 Å². The van der Waals surface area contributed by atoms with Gasteiger partial charge in [-0.05, 0) is 31.5 Å². The van der Waals surface area contributed by atoms with Crippen molar-refractivity contribution in [3.63, 3.8) is 0 Å². The molecule has 1 aromatic carbocycles. The standard InChI is InChI=1S/C23H22N4OS/c1-15-12-27(13-16(2)28-15)22-20-19(17-7-4-3-5-8-17)14-29-23(20)26-21(25-22)18-9-6-10-24-11-18/h3-11,14-16H,12-13H2,1-2H3/t15-,16+. The second-order valence-electron chi connectivity index (χ2n) is 7.47. The van der Waals surface area contributed by atoms with E-state index in [1.807, 2.05) is 24.4 Å². The molecule has 0 amide bonds. The Morgan fingerprint density at radius 3 is 2.45 bits per heavy atom. The number of hydrogen-bond donors (Lipinski definition) is 0. The van der Waals surface area contributed by atoms with E-state index in [9.17, 15) is 0 Å². The molecule has 3 aromatic heterocycles. The van der Waals surface area contributed by atoms with Crippen molar-refractivity contribution in [2.24, 2.45) is 0 Å². The molecule has 0 aliphatic carbocycles. The average Bonchev–Trinajstić information content (AvgIpc) is 3.18. The average molecular weight is 403 g/mol. The summed E-state index contributed by atoms with van der Waals surface area (Å²) in [5.74, 6) is 1.70. The van der Waals surface area contributed by atoms with Crippen LogP contribution in [-0.4, -0.2) is 40.2 Å². The summed E-state index contributed by atoms with van der Waals surface area (Å²) in [7, 11) is 0. The van der Waals surface area contributed by atoms with Gasteiger partial charge in [0.1, 0.15) is 10.6 Å². The first-order valence-corrected chi connectivity index (χ1v) is 10.7. The molecule has 0 saturated carbocycles. The van der Waals surface area contributed by atoms with Crippen LogP contribution >= 0.6 is 11.3 Å². The minimum atomic E-state index is 0.157. The van der Waals surface area contributed by atoms with E-state index in [0.717, 1.165) is 34.7 Å². The van der Waals surface area contributed by atoms with Gasteiger partial charge in [0.25, 0.3) is 0 Å². The van der Waals surface area contributed by atoms with Crippen molar-refractivity contribution in [3.8, 4) is 22.5 Å². The molecule has 1 saturated heterocycles. The highest BCUT2D eigenvalue weighted by Gasteiger charge is 2.27. The van der Waals surface area contributed by atoms with Gasteiger partial charge < -0.3 is 9.64 Å². The van der Waals surface area contributed by atoms with Crippen molar-refractivity contribution in [2.75, 3.05) is 18.0 Å². The van der Waals surface area contributed by atoms with Crippen molar-refractivity contribution in [1.82, 2.24) is 15.0 Å².